The lowest BCUT2D eigenvalue weighted by atomic mass is 9.96. The third kappa shape index (κ3) is 11.6. The van der Waals surface area contributed by atoms with Gasteiger partial charge in [-0.15, -0.1) is 0 Å². The molecule has 2 saturated heterocycles. The number of hydrogen-bond donors (Lipinski definition) is 1. The minimum Gasteiger partial charge on any atom is -0.368 e. The van der Waals surface area contributed by atoms with E-state index in [9.17, 15) is 25.5 Å². The van der Waals surface area contributed by atoms with E-state index in [1.807, 2.05) is 30.3 Å². The van der Waals surface area contributed by atoms with Crippen molar-refractivity contribution in [3.63, 3.8) is 0 Å². The zero-order valence-electron chi connectivity index (χ0n) is 33.5. The first-order valence-corrected chi connectivity index (χ1v) is 20.8. The average Bonchev–Trinajstić information content (AvgIpc) is 3.33. The highest BCUT2D eigenvalue weighted by Crippen LogP contribution is 2.33. The van der Waals surface area contributed by atoms with Crippen LogP contribution in [0.4, 0.5) is 22.7 Å². The van der Waals surface area contributed by atoms with Crippen molar-refractivity contribution in [3.8, 4) is 12.1 Å². The topological polar surface area (TPSA) is 156 Å². The van der Waals surface area contributed by atoms with E-state index in [1.165, 1.54) is 46.5 Å². The largest absolute Gasteiger partial charge is 0.368 e. The maximum atomic E-state index is 11.0. The Morgan fingerprint density at radius 3 is 1.25 bits per heavy atom. The summed E-state index contributed by atoms with van der Waals surface area (Å²) in [5, 5.41) is 43.4. The summed E-state index contributed by atoms with van der Waals surface area (Å²) in [4.78, 5) is 27.7. The fourth-order valence-corrected chi connectivity index (χ4v) is 8.06. The summed E-state index contributed by atoms with van der Waals surface area (Å²) in [5.41, 5.74) is 7.25. The molecular weight excluding hydrogens is 832 g/mol. The minimum absolute atomic E-state index is 0.0413. The molecule has 0 radical (unpaired) electrons. The number of non-ortho nitro benzene ring substituents is 2. The number of nitro groups is 2. The summed E-state index contributed by atoms with van der Waals surface area (Å²) in [6, 6.07) is 55.1. The maximum Gasteiger partial charge on any atom is 0.270 e. The highest BCUT2D eigenvalue weighted by molar-refractivity contribution is 9.09. The zero-order chi connectivity index (χ0) is 43.0. The number of anilines is 2. The molecule has 0 unspecified atom stereocenters. The Labute approximate surface area is 364 Å². The van der Waals surface area contributed by atoms with Gasteiger partial charge in [0.15, 0.2) is 0 Å². The van der Waals surface area contributed by atoms with E-state index in [0.717, 1.165) is 63.7 Å². The molecule has 2 aliphatic rings. The van der Waals surface area contributed by atoms with Gasteiger partial charge < -0.3 is 15.1 Å². The standard InChI is InChI=1S/C24H22N4O2.C13H11Br.C11H12N4O2/c25-18-21-17-22(28(29)30)11-12-23(21)26-13-15-27(16-14-26)24(19-7-3-1-4-8-19)20-9-5-2-6-10-20;14-13(11-7-3-1-4-8-11)12-9-5-2-6-10-12;12-8-9-7-10(15(16)17)1-2-11(9)14-5-3-13-4-6-14/h1-12,17,24H,13-16H2;1-10,13H;1-2,7,13H,3-6H2. The summed E-state index contributed by atoms with van der Waals surface area (Å²) in [6.07, 6.45) is 0. The molecule has 0 bridgehead atoms. The Kier molecular flexibility index (Phi) is 15.7. The normalized spacial score (nSPS) is 13.8. The van der Waals surface area contributed by atoms with Gasteiger partial charge in [0.2, 0.25) is 0 Å². The quantitative estimate of drug-likeness (QED) is 0.0844. The van der Waals surface area contributed by atoms with Crippen molar-refractivity contribution in [2.45, 2.75) is 10.9 Å². The highest BCUT2D eigenvalue weighted by atomic mass is 79.9. The molecule has 12 nitrogen and oxygen atoms in total. The van der Waals surface area contributed by atoms with Gasteiger partial charge in [-0.05, 0) is 34.4 Å². The van der Waals surface area contributed by atoms with Gasteiger partial charge in [-0.3, -0.25) is 25.1 Å². The lowest BCUT2D eigenvalue weighted by Gasteiger charge is -2.40. The Balaban J connectivity index is 0.000000169. The molecule has 13 heteroatoms. The SMILES string of the molecule is BrC(c1ccccc1)c1ccccc1.N#Cc1cc([N+](=O)[O-])ccc1N1CCN(C(c2ccccc2)c2ccccc2)CC1.N#Cc1cc([N+](=O)[O-])ccc1N1CCNCC1. The van der Waals surface area contributed by atoms with Gasteiger partial charge in [0.05, 0.1) is 43.2 Å². The Morgan fingerprint density at radius 1 is 0.525 bits per heavy atom. The molecule has 8 rings (SSSR count). The second-order valence-corrected chi connectivity index (χ2v) is 15.2. The second-order valence-electron chi connectivity index (χ2n) is 14.3. The van der Waals surface area contributed by atoms with Gasteiger partial charge in [0.1, 0.15) is 12.1 Å². The van der Waals surface area contributed by atoms with Crippen molar-refractivity contribution >= 4 is 38.7 Å². The van der Waals surface area contributed by atoms with Gasteiger partial charge in [0.25, 0.3) is 11.4 Å². The summed E-state index contributed by atoms with van der Waals surface area (Å²) in [5.74, 6) is 0. The summed E-state index contributed by atoms with van der Waals surface area (Å²) < 4.78 is 0. The smallest absolute Gasteiger partial charge is 0.270 e. The van der Waals surface area contributed by atoms with E-state index in [-0.39, 0.29) is 17.4 Å². The van der Waals surface area contributed by atoms with E-state index < -0.39 is 9.85 Å². The number of alkyl halides is 1. The van der Waals surface area contributed by atoms with Crippen molar-refractivity contribution in [2.24, 2.45) is 0 Å². The van der Waals surface area contributed by atoms with E-state index in [4.69, 9.17) is 5.26 Å². The molecule has 61 heavy (non-hydrogen) atoms. The fourth-order valence-electron chi connectivity index (χ4n) is 7.45. The van der Waals surface area contributed by atoms with E-state index in [2.05, 4.69) is 139 Å². The van der Waals surface area contributed by atoms with Crippen molar-refractivity contribution in [1.29, 1.82) is 10.5 Å². The fraction of sp³-hybridized carbons (Fsp3) is 0.208. The van der Waals surface area contributed by atoms with E-state index in [1.54, 1.807) is 12.1 Å². The third-order valence-electron chi connectivity index (χ3n) is 10.5. The first-order valence-electron chi connectivity index (χ1n) is 19.9. The maximum absolute atomic E-state index is 11.0. The van der Waals surface area contributed by atoms with Crippen LogP contribution in [0, 0.1) is 42.9 Å². The lowest BCUT2D eigenvalue weighted by molar-refractivity contribution is -0.385. The minimum atomic E-state index is -0.484. The number of nitrogens with one attached hydrogen (secondary N) is 1. The van der Waals surface area contributed by atoms with Gasteiger partial charge in [-0.2, -0.15) is 10.5 Å². The molecule has 0 aromatic heterocycles. The molecular formula is C48H45BrN8O4. The first kappa shape index (κ1) is 43.7. The third-order valence-corrected chi connectivity index (χ3v) is 11.6. The van der Waals surface area contributed by atoms with Crippen LogP contribution in [0.2, 0.25) is 0 Å². The predicted octanol–water partition coefficient (Wildman–Crippen LogP) is 9.43. The average molecular weight is 878 g/mol. The van der Waals surface area contributed by atoms with Crippen LogP contribution in [0.1, 0.15) is 44.2 Å². The molecule has 2 heterocycles. The van der Waals surface area contributed by atoms with Gasteiger partial charge in [-0.1, -0.05) is 137 Å². The lowest BCUT2D eigenvalue weighted by Crippen LogP contribution is -2.48. The van der Waals surface area contributed by atoms with Gasteiger partial charge >= 0.3 is 0 Å². The number of nitriles is 2. The molecule has 1 N–H and O–H groups in total. The number of nitro benzene ring substituents is 2. The monoisotopic (exact) mass is 876 g/mol. The molecule has 0 saturated carbocycles. The van der Waals surface area contributed by atoms with Crippen LogP contribution in [0.3, 0.4) is 0 Å². The first-order chi connectivity index (χ1) is 29.8. The van der Waals surface area contributed by atoms with Gasteiger partial charge in [0, 0.05) is 76.6 Å². The summed E-state index contributed by atoms with van der Waals surface area (Å²) in [7, 11) is 0. The zero-order valence-corrected chi connectivity index (χ0v) is 35.1. The van der Waals surface area contributed by atoms with Crippen LogP contribution in [-0.2, 0) is 0 Å². The van der Waals surface area contributed by atoms with Crippen LogP contribution < -0.4 is 15.1 Å². The number of piperazine rings is 2. The summed E-state index contributed by atoms with van der Waals surface area (Å²) >= 11 is 3.69. The number of hydrogen-bond acceptors (Lipinski definition) is 10. The van der Waals surface area contributed by atoms with Crippen molar-refractivity contribution < 1.29 is 9.85 Å². The summed E-state index contributed by atoms with van der Waals surface area (Å²) in [6.45, 7) is 6.51. The molecule has 6 aromatic rings. The number of halogens is 1. The number of nitrogens with zero attached hydrogens (tertiary/aromatic N) is 7. The van der Waals surface area contributed by atoms with Crippen LogP contribution in [-0.4, -0.2) is 67.1 Å². The molecule has 308 valence electrons. The molecule has 2 fully saturated rings. The van der Waals surface area contributed by atoms with E-state index in [0.29, 0.717) is 16.0 Å². The van der Waals surface area contributed by atoms with Crippen LogP contribution >= 0.6 is 15.9 Å². The predicted molar refractivity (Wildman–Crippen MR) is 243 cm³/mol. The highest BCUT2D eigenvalue weighted by Gasteiger charge is 2.28. The molecule has 2 aliphatic heterocycles. The molecule has 0 aliphatic carbocycles. The van der Waals surface area contributed by atoms with Gasteiger partial charge in [-0.25, -0.2) is 0 Å². The van der Waals surface area contributed by atoms with Crippen molar-refractivity contribution in [1.82, 2.24) is 10.2 Å². The Hall–Kier alpha value is -6.90. The van der Waals surface area contributed by atoms with Crippen LogP contribution in [0.5, 0.6) is 0 Å². The Bertz CT molecular complexity index is 2350. The molecule has 0 atom stereocenters. The second kappa shape index (κ2) is 21.9. The van der Waals surface area contributed by atoms with Crippen molar-refractivity contribution in [3.05, 3.63) is 211 Å². The van der Waals surface area contributed by atoms with Crippen LogP contribution in [0.25, 0.3) is 0 Å². The van der Waals surface area contributed by atoms with E-state index >= 15 is 0 Å². The molecule has 0 spiro atoms. The molecule has 6 aromatic carbocycles. The number of benzene rings is 6. The van der Waals surface area contributed by atoms with Crippen LogP contribution in [0.15, 0.2) is 158 Å². The number of rotatable bonds is 9. The Morgan fingerprint density at radius 2 is 0.885 bits per heavy atom. The molecule has 0 amide bonds. The van der Waals surface area contributed by atoms with Crippen molar-refractivity contribution in [2.75, 3.05) is 62.2 Å².